The van der Waals surface area contributed by atoms with Gasteiger partial charge in [-0.25, -0.2) is 4.98 Å². The summed E-state index contributed by atoms with van der Waals surface area (Å²) in [5.74, 6) is 0.938. The van der Waals surface area contributed by atoms with Crippen molar-refractivity contribution in [2.75, 3.05) is 0 Å². The lowest BCUT2D eigenvalue weighted by atomic mass is 9.96. The van der Waals surface area contributed by atoms with Crippen molar-refractivity contribution < 1.29 is 0 Å². The predicted molar refractivity (Wildman–Crippen MR) is 65.1 cm³/mol. The largest absolute Gasteiger partial charge is 0.349 e. The van der Waals surface area contributed by atoms with E-state index in [9.17, 15) is 0 Å². The summed E-state index contributed by atoms with van der Waals surface area (Å²) in [5, 5.41) is 0. The second-order valence-electron chi connectivity index (χ2n) is 4.14. The Balaban J connectivity index is 2.21. The van der Waals surface area contributed by atoms with Crippen molar-refractivity contribution in [3.8, 4) is 0 Å². The number of nitrogens with two attached hydrogens (primary N) is 1. The molecular formula is C13H17N3. The average molecular weight is 215 g/mol. The van der Waals surface area contributed by atoms with Gasteiger partial charge in [-0.05, 0) is 30.5 Å². The van der Waals surface area contributed by atoms with Crippen molar-refractivity contribution in [3.63, 3.8) is 0 Å². The molecule has 3 N–H and O–H groups in total. The van der Waals surface area contributed by atoms with Crippen molar-refractivity contribution in [1.82, 2.24) is 9.97 Å². The summed E-state index contributed by atoms with van der Waals surface area (Å²) >= 11 is 0. The van der Waals surface area contributed by atoms with Crippen LogP contribution in [0.3, 0.4) is 0 Å². The molecule has 0 bridgehead atoms. The summed E-state index contributed by atoms with van der Waals surface area (Å²) in [4.78, 5) is 7.28. The van der Waals surface area contributed by atoms with Crippen LogP contribution in [-0.4, -0.2) is 9.97 Å². The van der Waals surface area contributed by atoms with Gasteiger partial charge in [0.25, 0.3) is 0 Å². The lowest BCUT2D eigenvalue weighted by molar-refractivity contribution is 0.689. The van der Waals surface area contributed by atoms with Gasteiger partial charge in [-0.3, -0.25) is 0 Å². The van der Waals surface area contributed by atoms with E-state index < -0.39 is 0 Å². The van der Waals surface area contributed by atoms with Crippen molar-refractivity contribution in [3.05, 3.63) is 53.1 Å². The highest BCUT2D eigenvalue weighted by Crippen LogP contribution is 2.20. The molecule has 0 amide bonds. The van der Waals surface area contributed by atoms with Crippen LogP contribution >= 0.6 is 0 Å². The SMILES string of the molecule is Cc1cccc(C(N)Cc2ncc[nH]2)c1C. The zero-order valence-electron chi connectivity index (χ0n) is 9.70. The van der Waals surface area contributed by atoms with Crippen LogP contribution in [0.4, 0.5) is 0 Å². The molecule has 0 saturated heterocycles. The quantitative estimate of drug-likeness (QED) is 0.825. The molecule has 3 heteroatoms. The number of benzene rings is 1. The predicted octanol–water partition coefficient (Wildman–Crippen LogP) is 2.27. The Morgan fingerprint density at radius 3 is 2.88 bits per heavy atom. The molecule has 0 fully saturated rings. The number of aromatic amines is 1. The molecule has 3 nitrogen and oxygen atoms in total. The smallest absolute Gasteiger partial charge is 0.107 e. The molecule has 2 aromatic rings. The maximum atomic E-state index is 6.20. The van der Waals surface area contributed by atoms with Crippen LogP contribution in [0.2, 0.25) is 0 Å². The summed E-state index contributed by atoms with van der Waals surface area (Å²) in [6.45, 7) is 4.23. The van der Waals surface area contributed by atoms with Gasteiger partial charge in [0.1, 0.15) is 5.82 Å². The monoisotopic (exact) mass is 215 g/mol. The van der Waals surface area contributed by atoms with Crippen molar-refractivity contribution >= 4 is 0 Å². The normalized spacial score (nSPS) is 12.7. The minimum Gasteiger partial charge on any atom is -0.349 e. The Hall–Kier alpha value is -1.61. The molecular weight excluding hydrogens is 198 g/mol. The maximum absolute atomic E-state index is 6.20. The Labute approximate surface area is 95.7 Å². The number of aromatic nitrogens is 2. The molecule has 1 unspecified atom stereocenters. The third-order valence-electron chi connectivity index (χ3n) is 3.01. The second-order valence-corrected chi connectivity index (χ2v) is 4.14. The summed E-state index contributed by atoms with van der Waals surface area (Å²) in [6.07, 6.45) is 4.33. The molecule has 2 rings (SSSR count). The number of hydrogen-bond acceptors (Lipinski definition) is 2. The minimum absolute atomic E-state index is 0.00560. The van der Waals surface area contributed by atoms with Gasteiger partial charge in [0.15, 0.2) is 0 Å². The first-order valence-electron chi connectivity index (χ1n) is 5.48. The molecule has 0 aliphatic heterocycles. The van der Waals surface area contributed by atoms with Crippen LogP contribution in [0.1, 0.15) is 28.6 Å². The molecule has 0 radical (unpaired) electrons. The van der Waals surface area contributed by atoms with Gasteiger partial charge in [0.05, 0.1) is 0 Å². The van der Waals surface area contributed by atoms with E-state index in [4.69, 9.17) is 5.73 Å². The number of rotatable bonds is 3. The highest BCUT2D eigenvalue weighted by molar-refractivity contribution is 5.35. The van der Waals surface area contributed by atoms with Crippen molar-refractivity contribution in [2.24, 2.45) is 5.73 Å². The van der Waals surface area contributed by atoms with Gasteiger partial charge in [0.2, 0.25) is 0 Å². The third kappa shape index (κ3) is 2.14. The fraction of sp³-hybridized carbons (Fsp3) is 0.308. The lowest BCUT2D eigenvalue weighted by Crippen LogP contribution is -2.15. The molecule has 1 heterocycles. The molecule has 1 aromatic heterocycles. The molecule has 0 aliphatic rings. The first kappa shape index (κ1) is 10.9. The molecule has 16 heavy (non-hydrogen) atoms. The molecule has 0 aliphatic carbocycles. The van der Waals surface area contributed by atoms with Crippen LogP contribution < -0.4 is 5.73 Å². The highest BCUT2D eigenvalue weighted by Gasteiger charge is 2.11. The Bertz CT molecular complexity index is 460. The Morgan fingerprint density at radius 1 is 1.38 bits per heavy atom. The van der Waals surface area contributed by atoms with Gasteiger partial charge in [-0.15, -0.1) is 0 Å². The number of nitrogens with zero attached hydrogens (tertiary/aromatic N) is 1. The van der Waals surface area contributed by atoms with E-state index in [1.165, 1.54) is 16.7 Å². The van der Waals surface area contributed by atoms with Gasteiger partial charge in [-0.2, -0.15) is 0 Å². The zero-order valence-corrected chi connectivity index (χ0v) is 9.70. The zero-order chi connectivity index (χ0) is 11.5. The number of hydrogen-bond donors (Lipinski definition) is 2. The lowest BCUT2D eigenvalue weighted by Gasteiger charge is -2.15. The number of imidazole rings is 1. The second kappa shape index (κ2) is 4.49. The van der Waals surface area contributed by atoms with Gasteiger partial charge in [0, 0.05) is 24.9 Å². The topological polar surface area (TPSA) is 54.7 Å². The van der Waals surface area contributed by atoms with E-state index in [1.54, 1.807) is 6.20 Å². The number of H-pyrrole nitrogens is 1. The average Bonchev–Trinajstić information content (AvgIpc) is 2.74. The molecule has 1 atom stereocenters. The summed E-state index contributed by atoms with van der Waals surface area (Å²) in [6, 6.07) is 6.26. The Morgan fingerprint density at radius 2 is 2.19 bits per heavy atom. The van der Waals surface area contributed by atoms with E-state index in [0.29, 0.717) is 0 Å². The standard InChI is InChI=1S/C13H17N3/c1-9-4-3-5-11(10(9)2)12(14)8-13-15-6-7-16-13/h3-7,12H,8,14H2,1-2H3,(H,15,16). The van der Waals surface area contributed by atoms with Crippen LogP contribution in [0, 0.1) is 13.8 Å². The first-order valence-corrected chi connectivity index (χ1v) is 5.48. The van der Waals surface area contributed by atoms with Crippen molar-refractivity contribution in [2.45, 2.75) is 26.3 Å². The van der Waals surface area contributed by atoms with Crippen molar-refractivity contribution in [1.29, 1.82) is 0 Å². The maximum Gasteiger partial charge on any atom is 0.107 e. The number of aryl methyl sites for hydroxylation is 1. The van der Waals surface area contributed by atoms with E-state index in [0.717, 1.165) is 12.2 Å². The highest BCUT2D eigenvalue weighted by atomic mass is 14.9. The first-order chi connectivity index (χ1) is 7.68. The van der Waals surface area contributed by atoms with E-state index >= 15 is 0 Å². The fourth-order valence-electron chi connectivity index (χ4n) is 1.90. The molecule has 0 saturated carbocycles. The van der Waals surface area contributed by atoms with Crippen LogP contribution in [0.25, 0.3) is 0 Å². The van der Waals surface area contributed by atoms with E-state index in [2.05, 4.69) is 42.0 Å². The van der Waals surface area contributed by atoms with Crippen LogP contribution in [0.15, 0.2) is 30.6 Å². The number of nitrogens with one attached hydrogen (secondary N) is 1. The van der Waals surface area contributed by atoms with E-state index in [1.807, 2.05) is 6.20 Å². The Kier molecular flexibility index (Phi) is 3.06. The third-order valence-corrected chi connectivity index (χ3v) is 3.01. The van der Waals surface area contributed by atoms with Crippen LogP contribution in [-0.2, 0) is 6.42 Å². The van der Waals surface area contributed by atoms with Crippen LogP contribution in [0.5, 0.6) is 0 Å². The van der Waals surface area contributed by atoms with Gasteiger partial charge < -0.3 is 10.7 Å². The molecule has 84 valence electrons. The molecule has 1 aromatic carbocycles. The van der Waals surface area contributed by atoms with Gasteiger partial charge >= 0.3 is 0 Å². The minimum atomic E-state index is 0.00560. The fourth-order valence-corrected chi connectivity index (χ4v) is 1.90. The summed E-state index contributed by atoms with van der Waals surface area (Å²) in [7, 11) is 0. The molecule has 0 spiro atoms. The van der Waals surface area contributed by atoms with Gasteiger partial charge in [-0.1, -0.05) is 18.2 Å². The summed E-state index contributed by atoms with van der Waals surface area (Å²) < 4.78 is 0. The van der Waals surface area contributed by atoms with E-state index in [-0.39, 0.29) is 6.04 Å². The summed E-state index contributed by atoms with van der Waals surface area (Å²) in [5.41, 5.74) is 9.96.